The lowest BCUT2D eigenvalue weighted by Gasteiger charge is -2.10. The average molecular weight is 333 g/mol. The summed E-state index contributed by atoms with van der Waals surface area (Å²) in [6, 6.07) is 4.18. The normalized spacial score (nSPS) is 10.7. The van der Waals surface area contributed by atoms with E-state index < -0.39 is 11.8 Å². The van der Waals surface area contributed by atoms with Gasteiger partial charge in [-0.1, -0.05) is 11.6 Å². The van der Waals surface area contributed by atoms with Crippen LogP contribution in [0.2, 0.25) is 5.02 Å². The van der Waals surface area contributed by atoms with E-state index in [0.717, 1.165) is 5.56 Å². The van der Waals surface area contributed by atoms with Crippen LogP contribution in [0.4, 0.5) is 4.39 Å². The van der Waals surface area contributed by atoms with Crippen LogP contribution in [0.3, 0.4) is 0 Å². The molecule has 1 N–H and O–H groups in total. The number of carboxylic acid groups (broad SMARTS) is 1. The molecule has 0 saturated heterocycles. The van der Waals surface area contributed by atoms with Crippen molar-refractivity contribution in [1.82, 2.24) is 4.57 Å². The number of aromatic carboxylic acids is 1. The number of aromatic nitrogens is 1. The minimum atomic E-state index is -1.12. The van der Waals surface area contributed by atoms with Crippen molar-refractivity contribution in [3.63, 3.8) is 0 Å². The molecule has 0 spiro atoms. The van der Waals surface area contributed by atoms with Crippen molar-refractivity contribution in [3.8, 4) is 5.69 Å². The quantitative estimate of drug-likeness (QED) is 0.902. The maximum Gasteiger partial charge on any atom is 0.352 e. The molecule has 3 nitrogen and oxygen atoms in total. The molecular formula is C12H8BrClFNO2. The van der Waals surface area contributed by atoms with Gasteiger partial charge < -0.3 is 9.67 Å². The minimum Gasteiger partial charge on any atom is -0.477 e. The van der Waals surface area contributed by atoms with Gasteiger partial charge in [0.2, 0.25) is 0 Å². The summed E-state index contributed by atoms with van der Waals surface area (Å²) in [5.41, 5.74) is 1.17. The molecule has 6 heteroatoms. The minimum absolute atomic E-state index is 0.00942. The molecule has 1 heterocycles. The highest BCUT2D eigenvalue weighted by Crippen LogP contribution is 2.26. The average Bonchev–Trinajstić information content (AvgIpc) is 2.65. The second-order valence-corrected chi connectivity index (χ2v) is 5.06. The first-order valence-corrected chi connectivity index (χ1v) is 6.14. The number of carbonyl (C=O) groups is 1. The van der Waals surface area contributed by atoms with E-state index in [2.05, 4.69) is 15.9 Å². The third kappa shape index (κ3) is 2.28. The fraction of sp³-hybridized carbons (Fsp3) is 0.0833. The van der Waals surface area contributed by atoms with Crippen molar-refractivity contribution >= 4 is 33.5 Å². The molecule has 0 unspecified atom stereocenters. The van der Waals surface area contributed by atoms with E-state index in [-0.39, 0.29) is 10.7 Å². The van der Waals surface area contributed by atoms with Crippen LogP contribution >= 0.6 is 27.5 Å². The van der Waals surface area contributed by atoms with Gasteiger partial charge in [0.1, 0.15) is 11.5 Å². The molecule has 0 aliphatic heterocycles. The van der Waals surface area contributed by atoms with E-state index in [9.17, 15) is 9.18 Å². The van der Waals surface area contributed by atoms with Crippen molar-refractivity contribution in [2.24, 2.45) is 0 Å². The Morgan fingerprint density at radius 3 is 2.72 bits per heavy atom. The predicted octanol–water partition coefficient (Wildman–Crippen LogP) is 4.04. The van der Waals surface area contributed by atoms with Crippen LogP contribution in [0.5, 0.6) is 0 Å². The third-order valence-corrected chi connectivity index (χ3v) is 3.32. The summed E-state index contributed by atoms with van der Waals surface area (Å²) in [4.78, 5) is 11.1. The molecule has 18 heavy (non-hydrogen) atoms. The van der Waals surface area contributed by atoms with Crippen LogP contribution < -0.4 is 0 Å². The fourth-order valence-corrected chi connectivity index (χ4v) is 2.35. The van der Waals surface area contributed by atoms with Gasteiger partial charge in [-0.05, 0) is 46.6 Å². The van der Waals surface area contributed by atoms with E-state index in [1.54, 1.807) is 13.0 Å². The summed E-state index contributed by atoms with van der Waals surface area (Å²) in [6.07, 6.45) is 1.45. The Hall–Kier alpha value is -1.33. The smallest absolute Gasteiger partial charge is 0.352 e. The summed E-state index contributed by atoms with van der Waals surface area (Å²) in [7, 11) is 0. The predicted molar refractivity (Wildman–Crippen MR) is 70.1 cm³/mol. The van der Waals surface area contributed by atoms with E-state index in [4.69, 9.17) is 16.7 Å². The van der Waals surface area contributed by atoms with Crippen LogP contribution in [0.25, 0.3) is 5.69 Å². The summed E-state index contributed by atoms with van der Waals surface area (Å²) in [5, 5.41) is 9.36. The van der Waals surface area contributed by atoms with Gasteiger partial charge in [-0.15, -0.1) is 0 Å². The van der Waals surface area contributed by atoms with Crippen molar-refractivity contribution in [2.75, 3.05) is 0 Å². The second-order valence-electron chi connectivity index (χ2n) is 3.77. The molecule has 0 aliphatic rings. The van der Waals surface area contributed by atoms with Gasteiger partial charge in [-0.25, -0.2) is 9.18 Å². The van der Waals surface area contributed by atoms with Crippen molar-refractivity contribution < 1.29 is 14.3 Å². The molecule has 94 valence electrons. The first-order valence-electron chi connectivity index (χ1n) is 4.97. The topological polar surface area (TPSA) is 42.2 Å². The Kier molecular flexibility index (Phi) is 3.45. The molecule has 0 saturated carbocycles. The third-order valence-electron chi connectivity index (χ3n) is 2.50. The maximum atomic E-state index is 13.5. The number of rotatable bonds is 2. The molecule has 0 amide bonds. The molecule has 1 aromatic carbocycles. The fourth-order valence-electron chi connectivity index (χ4n) is 1.69. The lowest BCUT2D eigenvalue weighted by Crippen LogP contribution is -2.07. The number of carboxylic acids is 1. The number of halogens is 3. The number of benzene rings is 1. The van der Waals surface area contributed by atoms with Gasteiger partial charge in [-0.3, -0.25) is 0 Å². The number of hydrogen-bond donors (Lipinski definition) is 1. The van der Waals surface area contributed by atoms with E-state index in [1.165, 1.54) is 22.9 Å². The lowest BCUT2D eigenvalue weighted by atomic mass is 10.2. The van der Waals surface area contributed by atoms with Gasteiger partial charge in [0.05, 0.1) is 15.2 Å². The van der Waals surface area contributed by atoms with Crippen molar-refractivity contribution in [2.45, 2.75) is 6.92 Å². The zero-order chi connectivity index (χ0) is 13.4. The van der Waals surface area contributed by atoms with Crippen molar-refractivity contribution in [1.29, 1.82) is 0 Å². The molecule has 0 aliphatic carbocycles. The Labute approximate surface area is 116 Å². The summed E-state index contributed by atoms with van der Waals surface area (Å²) in [6.45, 7) is 1.76. The van der Waals surface area contributed by atoms with Crippen LogP contribution in [0.15, 0.2) is 28.9 Å². The molecule has 1 aromatic heterocycles. The lowest BCUT2D eigenvalue weighted by molar-refractivity contribution is 0.0688. The van der Waals surface area contributed by atoms with Gasteiger partial charge in [-0.2, -0.15) is 0 Å². The number of aryl methyl sites for hydroxylation is 1. The Bertz CT molecular complexity index is 639. The van der Waals surface area contributed by atoms with E-state index in [1.807, 2.05) is 0 Å². The van der Waals surface area contributed by atoms with Crippen LogP contribution in [-0.4, -0.2) is 15.6 Å². The Morgan fingerprint density at radius 2 is 2.11 bits per heavy atom. The molecular weight excluding hydrogens is 324 g/mol. The standard InChI is InChI=1S/C12H8BrClFNO2/c1-6-2-8(13)9(15)4-10(6)16-5-7(14)3-11(16)12(17)18/h2-5H,1H3,(H,17,18). The first-order chi connectivity index (χ1) is 8.40. The molecule has 0 radical (unpaired) electrons. The molecule has 0 fully saturated rings. The van der Waals surface area contributed by atoms with Gasteiger partial charge in [0.15, 0.2) is 0 Å². The summed E-state index contributed by atoms with van der Waals surface area (Å²) >= 11 is 8.87. The highest BCUT2D eigenvalue weighted by atomic mass is 79.9. The zero-order valence-corrected chi connectivity index (χ0v) is 11.6. The molecule has 2 rings (SSSR count). The van der Waals surface area contributed by atoms with Crippen LogP contribution in [0, 0.1) is 12.7 Å². The summed E-state index contributed by atoms with van der Waals surface area (Å²) in [5.74, 6) is -1.58. The van der Waals surface area contributed by atoms with Gasteiger partial charge in [0, 0.05) is 6.20 Å². The van der Waals surface area contributed by atoms with Gasteiger partial charge in [0.25, 0.3) is 0 Å². The van der Waals surface area contributed by atoms with Crippen LogP contribution in [0.1, 0.15) is 16.1 Å². The van der Waals surface area contributed by atoms with Crippen LogP contribution in [-0.2, 0) is 0 Å². The highest BCUT2D eigenvalue weighted by Gasteiger charge is 2.16. The number of nitrogens with zero attached hydrogens (tertiary/aromatic N) is 1. The van der Waals surface area contributed by atoms with Crippen molar-refractivity contribution in [3.05, 3.63) is 51.0 Å². The largest absolute Gasteiger partial charge is 0.477 e. The maximum absolute atomic E-state index is 13.5. The van der Waals surface area contributed by atoms with E-state index >= 15 is 0 Å². The molecule has 2 aromatic rings. The molecule has 0 bridgehead atoms. The van der Waals surface area contributed by atoms with E-state index in [0.29, 0.717) is 10.2 Å². The SMILES string of the molecule is Cc1cc(Br)c(F)cc1-n1cc(Cl)cc1C(=O)O. The Balaban J connectivity index is 2.69. The Morgan fingerprint density at radius 1 is 1.44 bits per heavy atom. The second kappa shape index (κ2) is 4.74. The zero-order valence-electron chi connectivity index (χ0n) is 9.25. The monoisotopic (exact) mass is 331 g/mol. The first kappa shape index (κ1) is 13.1. The number of hydrogen-bond acceptors (Lipinski definition) is 1. The molecule has 0 atom stereocenters. The van der Waals surface area contributed by atoms with Gasteiger partial charge >= 0.3 is 5.97 Å². The highest BCUT2D eigenvalue weighted by molar-refractivity contribution is 9.10. The summed E-state index contributed by atoms with van der Waals surface area (Å²) < 4.78 is 15.2.